The predicted octanol–water partition coefficient (Wildman–Crippen LogP) is 18.6. The van der Waals surface area contributed by atoms with Gasteiger partial charge in [-0.2, -0.15) is 0 Å². The zero-order valence-corrected chi connectivity index (χ0v) is 43.0. The van der Waals surface area contributed by atoms with Gasteiger partial charge < -0.3 is 14.2 Å². The van der Waals surface area contributed by atoms with Gasteiger partial charge in [-0.25, -0.2) is 0 Å². The van der Waals surface area contributed by atoms with Crippen LogP contribution in [0.25, 0.3) is 0 Å². The minimum absolute atomic E-state index is 0.0621. The van der Waals surface area contributed by atoms with Crippen molar-refractivity contribution in [3.05, 3.63) is 0 Å². The smallest absolute Gasteiger partial charge is 0.306 e. The number of unbranched alkanes of at least 4 members (excludes halogenated alkanes) is 39. The summed E-state index contributed by atoms with van der Waals surface area (Å²) in [5.74, 6) is -0.0189. The molecule has 0 aliphatic carbocycles. The molecule has 0 unspecified atom stereocenters. The van der Waals surface area contributed by atoms with Crippen LogP contribution in [0.5, 0.6) is 0 Å². The molecule has 63 heavy (non-hydrogen) atoms. The van der Waals surface area contributed by atoms with Gasteiger partial charge in [-0.1, -0.05) is 285 Å². The summed E-state index contributed by atoms with van der Waals surface area (Å²) in [4.78, 5) is 38.1. The molecule has 0 aromatic heterocycles. The molecule has 0 aliphatic heterocycles. The summed E-state index contributed by atoms with van der Waals surface area (Å²) in [5.41, 5.74) is 0. The summed E-state index contributed by atoms with van der Waals surface area (Å²) >= 11 is 0. The lowest BCUT2D eigenvalue weighted by molar-refractivity contribution is -0.167. The number of rotatable bonds is 52. The van der Waals surface area contributed by atoms with E-state index in [0.717, 1.165) is 63.7 Å². The van der Waals surface area contributed by atoms with Crippen LogP contribution < -0.4 is 0 Å². The van der Waals surface area contributed by atoms with Gasteiger partial charge in [0.05, 0.1) is 0 Å². The lowest BCUT2D eigenvalue weighted by Gasteiger charge is -2.18. The second kappa shape index (κ2) is 51.4. The van der Waals surface area contributed by atoms with Crippen LogP contribution >= 0.6 is 0 Å². The van der Waals surface area contributed by atoms with Crippen LogP contribution in [0, 0.1) is 5.92 Å². The first-order valence-electron chi connectivity index (χ1n) is 28.4. The van der Waals surface area contributed by atoms with Crippen LogP contribution in [-0.2, 0) is 28.6 Å². The highest BCUT2D eigenvalue weighted by molar-refractivity contribution is 5.71. The summed E-state index contributed by atoms with van der Waals surface area (Å²) in [6, 6.07) is 0. The van der Waals surface area contributed by atoms with Gasteiger partial charge in [0.2, 0.25) is 0 Å². The molecule has 6 nitrogen and oxygen atoms in total. The van der Waals surface area contributed by atoms with E-state index in [1.807, 2.05) is 0 Å². The highest BCUT2D eigenvalue weighted by Crippen LogP contribution is 2.18. The van der Waals surface area contributed by atoms with E-state index >= 15 is 0 Å². The fourth-order valence-corrected chi connectivity index (χ4v) is 8.75. The molecule has 0 aromatic carbocycles. The number of esters is 3. The van der Waals surface area contributed by atoms with E-state index in [4.69, 9.17) is 14.2 Å². The Morgan fingerprint density at radius 3 is 0.778 bits per heavy atom. The fraction of sp³-hybridized carbons (Fsp3) is 0.947. The van der Waals surface area contributed by atoms with E-state index in [1.165, 1.54) is 218 Å². The minimum Gasteiger partial charge on any atom is -0.462 e. The third-order valence-corrected chi connectivity index (χ3v) is 13.0. The zero-order valence-electron chi connectivity index (χ0n) is 43.0. The van der Waals surface area contributed by atoms with Crippen LogP contribution in [-0.4, -0.2) is 37.2 Å². The number of ether oxygens (including phenoxy) is 3. The monoisotopic (exact) mass is 891 g/mol. The van der Waals surface area contributed by atoms with Crippen molar-refractivity contribution in [3.63, 3.8) is 0 Å². The Morgan fingerprint density at radius 2 is 0.524 bits per heavy atom. The highest BCUT2D eigenvalue weighted by atomic mass is 16.6. The van der Waals surface area contributed by atoms with E-state index in [-0.39, 0.29) is 31.1 Å². The minimum atomic E-state index is -0.761. The van der Waals surface area contributed by atoms with E-state index in [1.54, 1.807) is 0 Å². The van der Waals surface area contributed by atoms with Gasteiger partial charge >= 0.3 is 17.9 Å². The maximum Gasteiger partial charge on any atom is 0.306 e. The molecule has 0 bridgehead atoms. The highest BCUT2D eigenvalue weighted by Gasteiger charge is 2.19. The average Bonchev–Trinajstić information content (AvgIpc) is 3.27. The average molecular weight is 892 g/mol. The van der Waals surface area contributed by atoms with Gasteiger partial charge in [-0.3, -0.25) is 14.4 Å². The largest absolute Gasteiger partial charge is 0.462 e. The summed E-state index contributed by atoms with van der Waals surface area (Å²) in [7, 11) is 0. The topological polar surface area (TPSA) is 78.9 Å². The molecule has 0 saturated carbocycles. The first-order valence-corrected chi connectivity index (χ1v) is 28.4. The van der Waals surface area contributed by atoms with Crippen LogP contribution in [0.2, 0.25) is 0 Å². The maximum absolute atomic E-state index is 12.8. The Balaban J connectivity index is 4.30. The molecule has 0 saturated heterocycles. The molecule has 0 fully saturated rings. The van der Waals surface area contributed by atoms with Gasteiger partial charge in [0.1, 0.15) is 13.2 Å². The van der Waals surface area contributed by atoms with Crippen molar-refractivity contribution in [2.45, 2.75) is 329 Å². The molecule has 374 valence electrons. The van der Waals surface area contributed by atoms with Crippen molar-refractivity contribution >= 4 is 17.9 Å². The van der Waals surface area contributed by atoms with Crippen LogP contribution in [0.3, 0.4) is 0 Å². The van der Waals surface area contributed by atoms with Crippen molar-refractivity contribution in [1.82, 2.24) is 0 Å². The van der Waals surface area contributed by atoms with Gasteiger partial charge in [0.25, 0.3) is 0 Å². The number of carbonyl (C=O) groups excluding carboxylic acids is 3. The van der Waals surface area contributed by atoms with Gasteiger partial charge in [0.15, 0.2) is 6.10 Å². The number of hydrogen-bond acceptors (Lipinski definition) is 6. The molecule has 6 heteroatoms. The third kappa shape index (κ3) is 51.3. The van der Waals surface area contributed by atoms with E-state index in [2.05, 4.69) is 27.7 Å². The molecule has 0 rings (SSSR count). The molecule has 0 amide bonds. The first-order chi connectivity index (χ1) is 30.9. The normalized spacial score (nSPS) is 12.0. The van der Waals surface area contributed by atoms with Gasteiger partial charge in [0, 0.05) is 19.3 Å². The van der Waals surface area contributed by atoms with Crippen molar-refractivity contribution < 1.29 is 28.6 Å². The van der Waals surface area contributed by atoms with E-state index < -0.39 is 6.10 Å². The van der Waals surface area contributed by atoms with Crippen molar-refractivity contribution in [3.8, 4) is 0 Å². The second-order valence-corrected chi connectivity index (χ2v) is 20.1. The van der Waals surface area contributed by atoms with E-state index in [9.17, 15) is 14.4 Å². The molecule has 0 aliphatic rings. The van der Waals surface area contributed by atoms with Gasteiger partial charge in [-0.05, 0) is 25.2 Å². The fourth-order valence-electron chi connectivity index (χ4n) is 8.75. The summed E-state index contributed by atoms with van der Waals surface area (Å²) < 4.78 is 16.9. The quantitative estimate of drug-likeness (QED) is 0.0344. The van der Waals surface area contributed by atoms with E-state index in [0.29, 0.717) is 19.3 Å². The Kier molecular flexibility index (Phi) is 50.1. The predicted molar refractivity (Wildman–Crippen MR) is 270 cm³/mol. The Labute approximate surface area is 393 Å². The Bertz CT molecular complexity index is 949. The van der Waals surface area contributed by atoms with Crippen LogP contribution in [0.15, 0.2) is 0 Å². The van der Waals surface area contributed by atoms with Crippen molar-refractivity contribution in [2.75, 3.05) is 13.2 Å². The van der Waals surface area contributed by atoms with Crippen LogP contribution in [0.4, 0.5) is 0 Å². The molecular weight excluding hydrogens is 781 g/mol. The summed E-state index contributed by atoms with van der Waals surface area (Å²) in [6.07, 6.45) is 55.2. The van der Waals surface area contributed by atoms with Crippen molar-refractivity contribution in [1.29, 1.82) is 0 Å². The second-order valence-electron chi connectivity index (χ2n) is 20.1. The number of hydrogen-bond donors (Lipinski definition) is 0. The first kappa shape index (κ1) is 61.4. The van der Waals surface area contributed by atoms with Gasteiger partial charge in [-0.15, -0.1) is 0 Å². The third-order valence-electron chi connectivity index (χ3n) is 13.0. The molecule has 0 spiro atoms. The number of carbonyl (C=O) groups is 3. The Morgan fingerprint density at radius 1 is 0.302 bits per heavy atom. The standard InChI is InChI=1S/C57H110O6/c1-5-7-9-11-13-15-17-19-21-22-24-26-28-34-38-42-46-50-57(60)63-54(52-62-56(59)49-45-41-37-33-30-29-31-35-39-43-47-53(3)4)51-61-55(58)48-44-40-36-32-27-25-23-20-18-16-14-12-10-8-6-2/h53-54H,5-52H2,1-4H3/t54-/m0/s1. The molecule has 0 heterocycles. The Hall–Kier alpha value is -1.59. The summed E-state index contributed by atoms with van der Waals surface area (Å²) in [5, 5.41) is 0. The maximum atomic E-state index is 12.8. The van der Waals surface area contributed by atoms with Crippen LogP contribution in [0.1, 0.15) is 323 Å². The lowest BCUT2D eigenvalue weighted by atomic mass is 10.0. The molecule has 1 atom stereocenters. The molecule has 0 N–H and O–H groups in total. The zero-order chi connectivity index (χ0) is 45.9. The van der Waals surface area contributed by atoms with Crippen molar-refractivity contribution in [2.24, 2.45) is 5.92 Å². The molecular formula is C57H110O6. The molecule has 0 aromatic rings. The lowest BCUT2D eigenvalue weighted by Crippen LogP contribution is -2.30. The summed E-state index contributed by atoms with van der Waals surface area (Å²) in [6.45, 7) is 9.04. The molecule has 0 radical (unpaired) electrons. The SMILES string of the molecule is CCCCCCCCCCCCCCCCCCCC(=O)O[C@@H](COC(=O)CCCCCCCCCCCCCCCCC)COC(=O)CCCCCCCCCCCCC(C)C.